The maximum Gasteiger partial charge on any atom is 0.269 e. The minimum absolute atomic E-state index is 0.0731. The third kappa shape index (κ3) is 6.89. The van der Waals surface area contributed by atoms with Crippen molar-refractivity contribution in [1.29, 1.82) is 0 Å². The van der Waals surface area contributed by atoms with Crippen molar-refractivity contribution in [2.24, 2.45) is 5.92 Å². The molecular weight excluding hydrogens is 432 g/mol. The van der Waals surface area contributed by atoms with Crippen molar-refractivity contribution in [2.75, 3.05) is 18.7 Å². The van der Waals surface area contributed by atoms with Gasteiger partial charge in [-0.05, 0) is 24.3 Å². The van der Waals surface area contributed by atoms with Gasteiger partial charge in [0.2, 0.25) is 5.91 Å². The van der Waals surface area contributed by atoms with Gasteiger partial charge in [0.05, 0.1) is 22.0 Å². The summed E-state index contributed by atoms with van der Waals surface area (Å²) in [6, 6.07) is 6.18. The average molecular weight is 465 g/mol. The number of rotatable bonds is 9. The third-order valence-corrected chi connectivity index (χ3v) is 7.68. The van der Waals surface area contributed by atoms with Crippen LogP contribution in [0.4, 0.5) is 5.69 Å². The fourth-order valence-electron chi connectivity index (χ4n) is 4.37. The highest BCUT2D eigenvalue weighted by Crippen LogP contribution is 2.28. The van der Waals surface area contributed by atoms with Crippen LogP contribution in [-0.4, -0.2) is 51.5 Å². The molecule has 2 N–H and O–H groups in total. The van der Waals surface area contributed by atoms with E-state index in [1.54, 1.807) is 23.9 Å². The molecule has 1 aromatic rings. The number of amides is 1. The number of nitrogens with zero attached hydrogens (tertiary/aromatic N) is 2. The Morgan fingerprint density at radius 1 is 1.32 bits per heavy atom. The van der Waals surface area contributed by atoms with Crippen LogP contribution in [-0.2, 0) is 11.3 Å². The molecule has 1 aromatic carbocycles. The lowest BCUT2D eigenvalue weighted by Gasteiger charge is -2.32. The van der Waals surface area contributed by atoms with Crippen molar-refractivity contribution < 1.29 is 9.72 Å². The number of nitro benzene ring substituents is 1. The second-order valence-electron chi connectivity index (χ2n) is 8.46. The maximum absolute atomic E-state index is 13.0. The van der Waals surface area contributed by atoms with E-state index in [2.05, 4.69) is 10.6 Å². The van der Waals surface area contributed by atoms with Crippen LogP contribution in [0.3, 0.4) is 0 Å². The van der Waals surface area contributed by atoms with Crippen LogP contribution in [0.5, 0.6) is 0 Å². The van der Waals surface area contributed by atoms with Gasteiger partial charge in [-0.1, -0.05) is 56.5 Å². The Bertz CT molecular complexity index is 763. The molecular formula is C22H32N4O3S2. The van der Waals surface area contributed by atoms with Crippen molar-refractivity contribution >= 4 is 40.6 Å². The average Bonchev–Trinajstić information content (AvgIpc) is 3.33. The van der Waals surface area contributed by atoms with Crippen LogP contribution in [0.2, 0.25) is 0 Å². The largest absolute Gasteiger partial charge is 0.374 e. The first-order chi connectivity index (χ1) is 15.0. The Morgan fingerprint density at radius 2 is 2.03 bits per heavy atom. The molecule has 2 fully saturated rings. The van der Waals surface area contributed by atoms with Crippen molar-refractivity contribution in [2.45, 2.75) is 63.6 Å². The first-order valence-electron chi connectivity index (χ1n) is 11.0. The number of hydrogen-bond acceptors (Lipinski definition) is 6. The highest BCUT2D eigenvalue weighted by atomic mass is 32.2. The van der Waals surface area contributed by atoms with Crippen LogP contribution in [0.25, 0.3) is 0 Å². The molecule has 1 aliphatic heterocycles. The summed E-state index contributed by atoms with van der Waals surface area (Å²) < 4.78 is 0. The van der Waals surface area contributed by atoms with E-state index in [1.807, 2.05) is 11.9 Å². The predicted molar refractivity (Wildman–Crippen MR) is 129 cm³/mol. The smallest absolute Gasteiger partial charge is 0.269 e. The molecule has 2 aliphatic rings. The van der Waals surface area contributed by atoms with E-state index in [-0.39, 0.29) is 23.7 Å². The van der Waals surface area contributed by atoms with Gasteiger partial charge >= 0.3 is 0 Å². The van der Waals surface area contributed by atoms with Gasteiger partial charge in [0.1, 0.15) is 0 Å². The van der Waals surface area contributed by atoms with Crippen LogP contribution in [0, 0.1) is 16.0 Å². The van der Waals surface area contributed by atoms with E-state index in [9.17, 15) is 14.9 Å². The van der Waals surface area contributed by atoms with E-state index >= 15 is 0 Å². The molecule has 0 spiro atoms. The van der Waals surface area contributed by atoms with Crippen molar-refractivity contribution in [1.82, 2.24) is 15.5 Å². The fraction of sp³-hybridized carbons (Fsp3) is 0.636. The topological polar surface area (TPSA) is 87.5 Å². The highest BCUT2D eigenvalue weighted by molar-refractivity contribution is 7.99. The van der Waals surface area contributed by atoms with Crippen LogP contribution < -0.4 is 10.6 Å². The van der Waals surface area contributed by atoms with Crippen LogP contribution in [0.15, 0.2) is 24.3 Å². The van der Waals surface area contributed by atoms with E-state index < -0.39 is 4.92 Å². The van der Waals surface area contributed by atoms with E-state index in [0.717, 1.165) is 36.0 Å². The number of thioether (sulfide) groups is 1. The monoisotopic (exact) mass is 464 g/mol. The summed E-state index contributed by atoms with van der Waals surface area (Å²) in [6.45, 7) is 0.482. The number of likely N-dealkylation sites (N-methyl/N-ethyl adjacent to an activating group) is 1. The molecule has 9 heteroatoms. The Balaban J connectivity index is 1.62. The SMILES string of the molecule is CN(C(=O)C1CSCN1)[C@H](CCC1CCCCC1)C(=S)NCc1ccc([N+](=O)[O-])cc1. The molecule has 1 saturated heterocycles. The van der Waals surface area contributed by atoms with Gasteiger partial charge in [0.25, 0.3) is 5.69 Å². The zero-order valence-electron chi connectivity index (χ0n) is 18.0. The number of nitrogens with one attached hydrogen (secondary N) is 2. The molecule has 1 unspecified atom stereocenters. The number of hydrogen-bond donors (Lipinski definition) is 2. The molecule has 1 saturated carbocycles. The summed E-state index contributed by atoms with van der Waals surface area (Å²) in [5, 5.41) is 17.4. The van der Waals surface area contributed by atoms with Gasteiger partial charge in [-0.3, -0.25) is 20.2 Å². The molecule has 0 aromatic heterocycles. The van der Waals surface area contributed by atoms with Gasteiger partial charge in [-0.25, -0.2) is 0 Å². The van der Waals surface area contributed by atoms with E-state index in [4.69, 9.17) is 12.2 Å². The second kappa shape index (κ2) is 11.8. The maximum atomic E-state index is 13.0. The first-order valence-corrected chi connectivity index (χ1v) is 12.6. The molecule has 3 rings (SSSR count). The van der Waals surface area contributed by atoms with Crippen LogP contribution in [0.1, 0.15) is 50.5 Å². The number of carbonyl (C=O) groups excluding carboxylic acids is 1. The van der Waals surface area contributed by atoms with Gasteiger partial charge in [-0.2, -0.15) is 0 Å². The summed E-state index contributed by atoms with van der Waals surface area (Å²) in [5.41, 5.74) is 0.991. The van der Waals surface area contributed by atoms with Gasteiger partial charge in [0, 0.05) is 37.4 Å². The van der Waals surface area contributed by atoms with Crippen molar-refractivity contribution in [3.05, 3.63) is 39.9 Å². The summed E-state index contributed by atoms with van der Waals surface area (Å²) in [6.07, 6.45) is 8.42. The summed E-state index contributed by atoms with van der Waals surface area (Å²) in [5.74, 6) is 2.41. The lowest BCUT2D eigenvalue weighted by atomic mass is 9.85. The molecule has 170 valence electrons. The third-order valence-electron chi connectivity index (χ3n) is 6.32. The number of nitro groups is 1. The minimum Gasteiger partial charge on any atom is -0.374 e. The normalized spacial score (nSPS) is 20.2. The highest BCUT2D eigenvalue weighted by Gasteiger charge is 2.31. The van der Waals surface area contributed by atoms with Gasteiger partial charge in [0.15, 0.2) is 0 Å². The van der Waals surface area contributed by atoms with E-state index in [1.165, 1.54) is 44.2 Å². The number of thiocarbonyl (C=S) groups is 1. The first kappa shape index (κ1) is 23.9. The lowest BCUT2D eigenvalue weighted by Crippen LogP contribution is -2.52. The van der Waals surface area contributed by atoms with Gasteiger partial charge < -0.3 is 10.2 Å². The van der Waals surface area contributed by atoms with E-state index in [0.29, 0.717) is 11.5 Å². The van der Waals surface area contributed by atoms with Crippen LogP contribution >= 0.6 is 24.0 Å². The van der Waals surface area contributed by atoms with Gasteiger partial charge in [-0.15, -0.1) is 11.8 Å². The Kier molecular flexibility index (Phi) is 9.10. The molecule has 7 nitrogen and oxygen atoms in total. The summed E-state index contributed by atoms with van der Waals surface area (Å²) in [4.78, 5) is 25.9. The molecule has 31 heavy (non-hydrogen) atoms. The zero-order chi connectivity index (χ0) is 22.2. The lowest BCUT2D eigenvalue weighted by molar-refractivity contribution is -0.384. The molecule has 1 aliphatic carbocycles. The molecule has 0 bridgehead atoms. The Hall–Kier alpha value is -1.71. The quantitative estimate of drug-likeness (QED) is 0.326. The second-order valence-corrected chi connectivity index (χ2v) is 9.93. The summed E-state index contributed by atoms with van der Waals surface area (Å²) >= 11 is 7.48. The molecule has 0 radical (unpaired) electrons. The number of benzene rings is 1. The standard InChI is InChI=1S/C22H32N4O3S2/c1-25(22(27)19-14-31-15-24-19)20(12-9-16-5-3-2-4-6-16)21(30)23-13-17-7-10-18(11-8-17)26(28)29/h7-8,10-11,16,19-20,24H,2-6,9,12-15H2,1H3,(H,23,30)/t19?,20-/m1/s1. The Morgan fingerprint density at radius 3 is 2.65 bits per heavy atom. The fourth-order valence-corrected chi connectivity index (χ4v) is 5.65. The predicted octanol–water partition coefficient (Wildman–Crippen LogP) is 3.86. The Labute approximate surface area is 193 Å². The molecule has 1 amide bonds. The number of carbonyl (C=O) groups is 1. The summed E-state index contributed by atoms with van der Waals surface area (Å²) in [7, 11) is 1.86. The van der Waals surface area contributed by atoms with Crippen molar-refractivity contribution in [3.8, 4) is 0 Å². The molecule has 2 atom stereocenters. The van der Waals surface area contributed by atoms with Crippen molar-refractivity contribution in [3.63, 3.8) is 0 Å². The molecule has 1 heterocycles. The number of non-ortho nitro benzene ring substituents is 1. The zero-order valence-corrected chi connectivity index (χ0v) is 19.7. The minimum atomic E-state index is -0.404.